The Morgan fingerprint density at radius 1 is 1.50 bits per heavy atom. The number of halogens is 1. The van der Waals surface area contributed by atoms with Gasteiger partial charge in [-0.1, -0.05) is 0 Å². The number of alkyl carbamates (subject to hydrolysis) is 1. The third-order valence-corrected chi connectivity index (χ3v) is 2.34. The molecule has 0 spiro atoms. The Morgan fingerprint density at radius 3 is 3.17 bits per heavy atom. The van der Waals surface area contributed by atoms with E-state index in [-0.39, 0.29) is 18.5 Å². The van der Waals surface area contributed by atoms with Gasteiger partial charge in [0.15, 0.2) is 0 Å². The van der Waals surface area contributed by atoms with E-state index >= 15 is 0 Å². The van der Waals surface area contributed by atoms with Gasteiger partial charge in [-0.15, -0.1) is 12.4 Å². The van der Waals surface area contributed by atoms with Gasteiger partial charge in [-0.3, -0.25) is 0 Å². The molecular formula is C7H13ClN2O2. The Hall–Kier alpha value is -0.480. The highest BCUT2D eigenvalue weighted by Crippen LogP contribution is 2.15. The largest absolute Gasteiger partial charge is 0.449 e. The van der Waals surface area contributed by atoms with E-state index in [9.17, 15) is 4.79 Å². The summed E-state index contributed by atoms with van der Waals surface area (Å²) < 4.78 is 4.86. The Labute approximate surface area is 77.4 Å². The standard InChI is InChI=1S/C7H12N2O2.ClH/c10-7-9-6-1-2-8-3-5(6)4-11-7;/h5-6,8H,1-4H2,(H,9,10);1H/t5-,6+;/m1./s1. The van der Waals surface area contributed by atoms with Crippen LogP contribution in [-0.4, -0.2) is 31.8 Å². The molecule has 2 saturated heterocycles. The van der Waals surface area contributed by atoms with E-state index in [1.165, 1.54) is 0 Å². The van der Waals surface area contributed by atoms with Crippen LogP contribution in [0.2, 0.25) is 0 Å². The number of nitrogens with one attached hydrogen (secondary N) is 2. The normalized spacial score (nSPS) is 33.8. The van der Waals surface area contributed by atoms with Crippen LogP contribution in [0.25, 0.3) is 0 Å². The Morgan fingerprint density at radius 2 is 2.33 bits per heavy atom. The van der Waals surface area contributed by atoms with Gasteiger partial charge in [-0.25, -0.2) is 4.79 Å². The molecule has 0 unspecified atom stereocenters. The van der Waals surface area contributed by atoms with Gasteiger partial charge in [0.05, 0.1) is 6.61 Å². The van der Waals surface area contributed by atoms with Crippen molar-refractivity contribution in [2.24, 2.45) is 5.92 Å². The van der Waals surface area contributed by atoms with Crippen LogP contribution in [0, 0.1) is 5.92 Å². The summed E-state index contributed by atoms with van der Waals surface area (Å²) in [5, 5.41) is 6.08. The van der Waals surface area contributed by atoms with Gasteiger partial charge < -0.3 is 15.4 Å². The minimum Gasteiger partial charge on any atom is -0.449 e. The third kappa shape index (κ3) is 1.81. The lowest BCUT2D eigenvalue weighted by atomic mass is 9.93. The zero-order valence-corrected chi connectivity index (χ0v) is 7.52. The van der Waals surface area contributed by atoms with Gasteiger partial charge in [0.25, 0.3) is 0 Å². The lowest BCUT2D eigenvalue weighted by Gasteiger charge is -2.35. The molecule has 2 fully saturated rings. The second-order valence-electron chi connectivity index (χ2n) is 3.10. The third-order valence-electron chi connectivity index (χ3n) is 2.34. The molecular weight excluding hydrogens is 180 g/mol. The van der Waals surface area contributed by atoms with Gasteiger partial charge in [0.2, 0.25) is 0 Å². The fraction of sp³-hybridized carbons (Fsp3) is 0.857. The molecule has 2 atom stereocenters. The Balaban J connectivity index is 0.000000720. The monoisotopic (exact) mass is 192 g/mol. The molecule has 2 N–H and O–H groups in total. The van der Waals surface area contributed by atoms with Crippen molar-refractivity contribution in [3.8, 4) is 0 Å². The average molecular weight is 193 g/mol. The molecule has 2 rings (SSSR count). The van der Waals surface area contributed by atoms with Crippen LogP contribution in [0.3, 0.4) is 0 Å². The van der Waals surface area contributed by atoms with Gasteiger partial charge in [0, 0.05) is 18.5 Å². The summed E-state index contributed by atoms with van der Waals surface area (Å²) >= 11 is 0. The molecule has 0 aliphatic carbocycles. The molecule has 0 radical (unpaired) electrons. The molecule has 12 heavy (non-hydrogen) atoms. The molecule has 4 nitrogen and oxygen atoms in total. The number of carbonyl (C=O) groups excluding carboxylic acids is 1. The van der Waals surface area contributed by atoms with Crippen LogP contribution < -0.4 is 10.6 Å². The fourth-order valence-electron chi connectivity index (χ4n) is 1.66. The van der Waals surface area contributed by atoms with E-state index in [2.05, 4.69) is 10.6 Å². The van der Waals surface area contributed by atoms with Crippen molar-refractivity contribution in [1.82, 2.24) is 10.6 Å². The van der Waals surface area contributed by atoms with Crippen molar-refractivity contribution in [3.63, 3.8) is 0 Å². The van der Waals surface area contributed by atoms with Crippen molar-refractivity contribution >= 4 is 18.5 Å². The average Bonchev–Trinajstić information content (AvgIpc) is 2.04. The highest BCUT2D eigenvalue weighted by Gasteiger charge is 2.31. The number of amides is 1. The smallest absolute Gasteiger partial charge is 0.407 e. The predicted molar refractivity (Wildman–Crippen MR) is 46.5 cm³/mol. The van der Waals surface area contributed by atoms with E-state index in [4.69, 9.17) is 4.74 Å². The van der Waals surface area contributed by atoms with Crippen molar-refractivity contribution in [2.75, 3.05) is 19.7 Å². The number of carbonyl (C=O) groups is 1. The van der Waals surface area contributed by atoms with Crippen molar-refractivity contribution in [1.29, 1.82) is 0 Å². The minimum atomic E-state index is -0.256. The van der Waals surface area contributed by atoms with E-state index in [1.54, 1.807) is 0 Å². The maximum absolute atomic E-state index is 10.8. The molecule has 70 valence electrons. The van der Waals surface area contributed by atoms with E-state index in [0.717, 1.165) is 19.5 Å². The van der Waals surface area contributed by atoms with E-state index in [1.807, 2.05) is 0 Å². The molecule has 0 bridgehead atoms. The first-order chi connectivity index (χ1) is 5.36. The summed E-state index contributed by atoms with van der Waals surface area (Å²) in [7, 11) is 0. The van der Waals surface area contributed by atoms with Crippen LogP contribution >= 0.6 is 12.4 Å². The molecule has 2 heterocycles. The van der Waals surface area contributed by atoms with Crippen LogP contribution in [0.4, 0.5) is 4.79 Å². The van der Waals surface area contributed by atoms with E-state index < -0.39 is 0 Å². The summed E-state index contributed by atoms with van der Waals surface area (Å²) in [6.07, 6.45) is 0.771. The Bertz CT molecular complexity index is 177. The molecule has 1 amide bonds. The number of hydrogen-bond donors (Lipinski definition) is 2. The Kier molecular flexibility index (Phi) is 3.17. The first-order valence-corrected chi connectivity index (χ1v) is 4.00. The summed E-state index contributed by atoms with van der Waals surface area (Å²) in [4.78, 5) is 10.8. The molecule has 0 aromatic carbocycles. The molecule has 5 heteroatoms. The number of ether oxygens (including phenoxy) is 1. The predicted octanol–water partition coefficient (Wildman–Crippen LogP) is 0.126. The zero-order valence-electron chi connectivity index (χ0n) is 6.71. The highest BCUT2D eigenvalue weighted by molar-refractivity contribution is 5.85. The number of piperidine rings is 1. The number of hydrogen-bond acceptors (Lipinski definition) is 3. The SMILES string of the molecule is Cl.O=C1N[C@H]2CCNC[C@@H]2CO1. The van der Waals surface area contributed by atoms with Gasteiger partial charge in [-0.2, -0.15) is 0 Å². The van der Waals surface area contributed by atoms with E-state index in [0.29, 0.717) is 18.6 Å². The molecule has 2 aliphatic heterocycles. The summed E-state index contributed by atoms with van der Waals surface area (Å²) in [6, 6.07) is 0.345. The van der Waals surface area contributed by atoms with Gasteiger partial charge >= 0.3 is 6.09 Å². The van der Waals surface area contributed by atoms with Gasteiger partial charge in [-0.05, 0) is 13.0 Å². The second kappa shape index (κ2) is 3.96. The van der Waals surface area contributed by atoms with Crippen LogP contribution in [0.5, 0.6) is 0 Å². The molecule has 2 aliphatic rings. The number of cyclic esters (lactones) is 1. The lowest BCUT2D eigenvalue weighted by Crippen LogP contribution is -2.55. The molecule has 0 aromatic heterocycles. The maximum Gasteiger partial charge on any atom is 0.407 e. The number of rotatable bonds is 0. The highest BCUT2D eigenvalue weighted by atomic mass is 35.5. The van der Waals surface area contributed by atoms with Crippen LogP contribution in [0.1, 0.15) is 6.42 Å². The van der Waals surface area contributed by atoms with Crippen molar-refractivity contribution < 1.29 is 9.53 Å². The van der Waals surface area contributed by atoms with Gasteiger partial charge in [0.1, 0.15) is 0 Å². The first-order valence-electron chi connectivity index (χ1n) is 4.00. The number of fused-ring (bicyclic) bond motifs is 1. The lowest BCUT2D eigenvalue weighted by molar-refractivity contribution is 0.0703. The topological polar surface area (TPSA) is 50.4 Å². The first kappa shape index (κ1) is 9.61. The zero-order chi connectivity index (χ0) is 7.68. The van der Waals surface area contributed by atoms with Crippen molar-refractivity contribution in [2.45, 2.75) is 12.5 Å². The quantitative estimate of drug-likeness (QED) is 0.574. The molecule has 0 aromatic rings. The van der Waals surface area contributed by atoms with Crippen LogP contribution in [-0.2, 0) is 4.74 Å². The second-order valence-corrected chi connectivity index (χ2v) is 3.10. The van der Waals surface area contributed by atoms with Crippen LogP contribution in [0.15, 0.2) is 0 Å². The van der Waals surface area contributed by atoms with Crippen molar-refractivity contribution in [3.05, 3.63) is 0 Å². The molecule has 0 saturated carbocycles. The summed E-state index contributed by atoms with van der Waals surface area (Å²) in [5.41, 5.74) is 0. The maximum atomic E-state index is 10.8. The summed E-state index contributed by atoms with van der Waals surface area (Å²) in [5.74, 6) is 0.474. The fourth-order valence-corrected chi connectivity index (χ4v) is 1.66. The minimum absolute atomic E-state index is 0. The summed E-state index contributed by atoms with van der Waals surface area (Å²) in [6.45, 7) is 2.54.